The average molecular weight is 372 g/mol. The van der Waals surface area contributed by atoms with Gasteiger partial charge in [0, 0.05) is 32.8 Å². The monoisotopic (exact) mass is 372 g/mol. The van der Waals surface area contributed by atoms with Gasteiger partial charge >= 0.3 is 0 Å². The number of benzene rings is 1. The molecule has 1 aliphatic heterocycles. The van der Waals surface area contributed by atoms with E-state index < -0.39 is 0 Å². The first-order valence-corrected chi connectivity index (χ1v) is 8.95. The number of aromatic nitrogens is 2. The Bertz CT molecular complexity index is 787. The fraction of sp³-hybridized carbons (Fsp3) is 0.421. The van der Waals surface area contributed by atoms with Crippen LogP contribution in [0.1, 0.15) is 22.3 Å². The number of phenols is 1. The zero-order valence-corrected chi connectivity index (χ0v) is 15.3. The van der Waals surface area contributed by atoms with Crippen molar-refractivity contribution in [3.63, 3.8) is 0 Å². The molecule has 27 heavy (non-hydrogen) atoms. The second-order valence-electron chi connectivity index (χ2n) is 6.60. The Morgan fingerprint density at radius 2 is 2.11 bits per heavy atom. The smallest absolute Gasteiger partial charge is 0.257 e. The van der Waals surface area contributed by atoms with Gasteiger partial charge in [0.2, 0.25) is 5.91 Å². The molecule has 0 spiro atoms. The molecule has 0 unspecified atom stereocenters. The SMILES string of the molecule is Cn1cc(C(=O)N2CCOC[C@@H]2CC(=O)NCCc2ccc(O)cc2)cn1. The van der Waals surface area contributed by atoms with Gasteiger partial charge in [-0.3, -0.25) is 14.3 Å². The van der Waals surface area contributed by atoms with Crippen molar-refractivity contribution < 1.29 is 19.4 Å². The van der Waals surface area contributed by atoms with Crippen molar-refractivity contribution in [3.05, 3.63) is 47.8 Å². The van der Waals surface area contributed by atoms with Gasteiger partial charge < -0.3 is 20.1 Å². The summed E-state index contributed by atoms with van der Waals surface area (Å²) in [6.07, 6.45) is 4.08. The van der Waals surface area contributed by atoms with Crippen LogP contribution in [0.4, 0.5) is 0 Å². The summed E-state index contributed by atoms with van der Waals surface area (Å²) in [5.74, 6) is -0.0278. The number of hydrogen-bond acceptors (Lipinski definition) is 5. The highest BCUT2D eigenvalue weighted by molar-refractivity contribution is 5.94. The highest BCUT2D eigenvalue weighted by Crippen LogP contribution is 2.15. The Balaban J connectivity index is 1.51. The molecule has 2 heterocycles. The van der Waals surface area contributed by atoms with Gasteiger partial charge in [-0.05, 0) is 24.1 Å². The molecule has 3 rings (SSSR count). The lowest BCUT2D eigenvalue weighted by atomic mass is 10.1. The maximum atomic E-state index is 12.7. The number of carbonyl (C=O) groups is 2. The number of hydrogen-bond donors (Lipinski definition) is 2. The van der Waals surface area contributed by atoms with E-state index in [1.165, 1.54) is 6.20 Å². The number of nitrogens with zero attached hydrogens (tertiary/aromatic N) is 3. The standard InChI is InChI=1S/C19H24N4O4/c1-22-12-15(11-21-22)19(26)23-8-9-27-13-16(23)10-18(25)20-7-6-14-2-4-17(24)5-3-14/h2-5,11-12,16,24H,6-10,13H2,1H3,(H,20,25)/t16-/m0/s1. The lowest BCUT2D eigenvalue weighted by Crippen LogP contribution is -2.50. The molecule has 0 saturated carbocycles. The molecule has 0 bridgehead atoms. The van der Waals surface area contributed by atoms with E-state index in [0.717, 1.165) is 5.56 Å². The van der Waals surface area contributed by atoms with Crippen molar-refractivity contribution in [1.29, 1.82) is 0 Å². The Hall–Kier alpha value is -2.87. The van der Waals surface area contributed by atoms with Gasteiger partial charge in [-0.1, -0.05) is 12.1 Å². The molecule has 1 aromatic heterocycles. The summed E-state index contributed by atoms with van der Waals surface area (Å²) < 4.78 is 7.05. The van der Waals surface area contributed by atoms with Crippen LogP contribution in [0.15, 0.2) is 36.7 Å². The summed E-state index contributed by atoms with van der Waals surface area (Å²) in [6, 6.07) is 6.60. The molecule has 1 atom stereocenters. The normalized spacial score (nSPS) is 16.9. The third-order valence-electron chi connectivity index (χ3n) is 4.53. The van der Waals surface area contributed by atoms with Crippen molar-refractivity contribution in [1.82, 2.24) is 20.0 Å². The van der Waals surface area contributed by atoms with Gasteiger partial charge in [-0.25, -0.2) is 0 Å². The van der Waals surface area contributed by atoms with Gasteiger partial charge in [0.15, 0.2) is 0 Å². The topological polar surface area (TPSA) is 96.7 Å². The first-order chi connectivity index (χ1) is 13.0. The zero-order chi connectivity index (χ0) is 19.2. The van der Waals surface area contributed by atoms with E-state index in [-0.39, 0.29) is 30.0 Å². The van der Waals surface area contributed by atoms with E-state index in [0.29, 0.717) is 38.3 Å². The Morgan fingerprint density at radius 3 is 2.81 bits per heavy atom. The highest BCUT2D eigenvalue weighted by Gasteiger charge is 2.30. The first kappa shape index (κ1) is 18.9. The van der Waals surface area contributed by atoms with Crippen LogP contribution < -0.4 is 5.32 Å². The fourth-order valence-electron chi connectivity index (χ4n) is 3.08. The Kier molecular flexibility index (Phi) is 6.08. The van der Waals surface area contributed by atoms with Crippen molar-refractivity contribution in [2.75, 3.05) is 26.3 Å². The number of aromatic hydroxyl groups is 1. The number of aryl methyl sites for hydroxylation is 1. The molecular formula is C19H24N4O4. The van der Waals surface area contributed by atoms with Crippen molar-refractivity contribution in [2.45, 2.75) is 18.9 Å². The van der Waals surface area contributed by atoms with E-state index in [1.54, 1.807) is 35.0 Å². The van der Waals surface area contributed by atoms with Crippen LogP contribution >= 0.6 is 0 Å². The van der Waals surface area contributed by atoms with Crippen LogP contribution in [0, 0.1) is 0 Å². The molecule has 1 aromatic carbocycles. The van der Waals surface area contributed by atoms with E-state index >= 15 is 0 Å². The van der Waals surface area contributed by atoms with Crippen molar-refractivity contribution >= 4 is 11.8 Å². The summed E-state index contributed by atoms with van der Waals surface area (Å²) in [5.41, 5.74) is 1.54. The average Bonchev–Trinajstić information content (AvgIpc) is 3.10. The van der Waals surface area contributed by atoms with Crippen LogP contribution in [0.2, 0.25) is 0 Å². The molecule has 1 fully saturated rings. The molecule has 2 N–H and O–H groups in total. The predicted octanol–water partition coefficient (Wildman–Crippen LogP) is 0.716. The summed E-state index contributed by atoms with van der Waals surface area (Å²) in [4.78, 5) is 26.7. The summed E-state index contributed by atoms with van der Waals surface area (Å²) in [7, 11) is 1.76. The molecule has 1 aliphatic rings. The van der Waals surface area contributed by atoms with Crippen LogP contribution in [0.3, 0.4) is 0 Å². The summed E-state index contributed by atoms with van der Waals surface area (Å²) >= 11 is 0. The lowest BCUT2D eigenvalue weighted by molar-refractivity contribution is -0.123. The summed E-state index contributed by atoms with van der Waals surface area (Å²) in [6.45, 7) is 1.76. The molecule has 0 radical (unpaired) electrons. The molecule has 8 nitrogen and oxygen atoms in total. The maximum Gasteiger partial charge on any atom is 0.257 e. The number of phenolic OH excluding ortho intramolecular Hbond substituents is 1. The first-order valence-electron chi connectivity index (χ1n) is 8.95. The molecule has 2 amide bonds. The second kappa shape index (κ2) is 8.68. The maximum absolute atomic E-state index is 12.7. The minimum atomic E-state index is -0.292. The number of carbonyl (C=O) groups excluding carboxylic acids is 2. The largest absolute Gasteiger partial charge is 0.508 e. The van der Waals surface area contributed by atoms with Gasteiger partial charge in [0.05, 0.1) is 31.0 Å². The molecule has 2 aromatic rings. The Morgan fingerprint density at radius 1 is 1.33 bits per heavy atom. The predicted molar refractivity (Wildman–Crippen MR) is 98.3 cm³/mol. The Labute approximate surface area is 157 Å². The highest BCUT2D eigenvalue weighted by atomic mass is 16.5. The van der Waals surface area contributed by atoms with Crippen LogP contribution in [-0.4, -0.2) is 63.9 Å². The number of nitrogens with one attached hydrogen (secondary N) is 1. The molecule has 8 heteroatoms. The van der Waals surface area contributed by atoms with Crippen molar-refractivity contribution in [2.24, 2.45) is 7.05 Å². The third-order valence-corrected chi connectivity index (χ3v) is 4.53. The molecular weight excluding hydrogens is 348 g/mol. The van der Waals surface area contributed by atoms with E-state index in [4.69, 9.17) is 4.74 Å². The van der Waals surface area contributed by atoms with Gasteiger partial charge in [-0.2, -0.15) is 5.10 Å². The number of rotatable bonds is 6. The fourth-order valence-corrected chi connectivity index (χ4v) is 3.08. The van der Waals surface area contributed by atoms with Crippen LogP contribution in [0.25, 0.3) is 0 Å². The van der Waals surface area contributed by atoms with E-state index in [9.17, 15) is 14.7 Å². The minimum absolute atomic E-state index is 0.117. The lowest BCUT2D eigenvalue weighted by Gasteiger charge is -2.35. The third kappa shape index (κ3) is 5.07. The number of morpholine rings is 1. The number of amides is 2. The quantitative estimate of drug-likeness (QED) is 0.779. The number of ether oxygens (including phenoxy) is 1. The second-order valence-corrected chi connectivity index (χ2v) is 6.60. The molecule has 1 saturated heterocycles. The van der Waals surface area contributed by atoms with Crippen molar-refractivity contribution in [3.8, 4) is 5.75 Å². The minimum Gasteiger partial charge on any atom is -0.508 e. The van der Waals surface area contributed by atoms with E-state index in [1.807, 2.05) is 12.1 Å². The van der Waals surface area contributed by atoms with E-state index in [2.05, 4.69) is 10.4 Å². The molecule has 144 valence electrons. The summed E-state index contributed by atoms with van der Waals surface area (Å²) in [5, 5.41) is 16.2. The van der Waals surface area contributed by atoms with Gasteiger partial charge in [0.25, 0.3) is 5.91 Å². The van der Waals surface area contributed by atoms with Gasteiger partial charge in [-0.15, -0.1) is 0 Å². The zero-order valence-electron chi connectivity index (χ0n) is 15.3. The van der Waals surface area contributed by atoms with Crippen LogP contribution in [0.5, 0.6) is 5.75 Å². The van der Waals surface area contributed by atoms with Crippen LogP contribution in [-0.2, 0) is 23.0 Å². The molecule has 0 aliphatic carbocycles. The van der Waals surface area contributed by atoms with Gasteiger partial charge in [0.1, 0.15) is 5.75 Å².